The number of carbonyl (C=O) groups excluding carboxylic acids is 2. The van der Waals surface area contributed by atoms with Crippen LogP contribution in [-0.2, 0) is 9.59 Å². The van der Waals surface area contributed by atoms with Crippen LogP contribution < -0.4 is 4.74 Å². The molecular formula is C14H19NO4. The van der Waals surface area contributed by atoms with Crippen molar-refractivity contribution in [2.45, 2.75) is 32.7 Å². The van der Waals surface area contributed by atoms with E-state index in [0.717, 1.165) is 12.8 Å². The van der Waals surface area contributed by atoms with Crippen molar-refractivity contribution in [3.8, 4) is 5.75 Å². The van der Waals surface area contributed by atoms with Crippen molar-refractivity contribution in [1.82, 2.24) is 0 Å². The quantitative estimate of drug-likeness (QED) is 0.383. The highest BCUT2D eigenvalue weighted by Crippen LogP contribution is 2.09. The Hall–Kier alpha value is -1.97. The molecule has 0 amide bonds. The van der Waals surface area contributed by atoms with Crippen LogP contribution >= 0.6 is 0 Å². The third-order valence-corrected chi connectivity index (χ3v) is 2.06. The van der Waals surface area contributed by atoms with Crippen molar-refractivity contribution in [3.63, 3.8) is 0 Å². The molecule has 0 bridgehead atoms. The SMILES string of the molecule is CC(N=C=O)C(=O)Oc1ccccc1.CCCCO. The van der Waals surface area contributed by atoms with Crippen molar-refractivity contribution < 1.29 is 19.4 Å². The fraction of sp³-hybridized carbons (Fsp3) is 0.429. The average Bonchev–Trinajstić information content (AvgIpc) is 2.42. The number of nitrogens with zero attached hydrogens (tertiary/aromatic N) is 1. The molecule has 0 spiro atoms. The number of unbranched alkanes of at least 4 members (excludes halogenated alkanes) is 1. The standard InChI is InChI=1S/C10H9NO3.C4H10O/c1-8(11-7-12)10(13)14-9-5-3-2-4-6-9;1-2-3-4-5/h2-6,8H,1H3;5H,2-4H2,1H3. The van der Waals surface area contributed by atoms with Gasteiger partial charge in [-0.05, 0) is 25.5 Å². The van der Waals surface area contributed by atoms with Gasteiger partial charge in [0.05, 0.1) is 0 Å². The first-order valence-corrected chi connectivity index (χ1v) is 6.10. The molecule has 0 radical (unpaired) electrons. The third kappa shape index (κ3) is 8.71. The number of aliphatic hydroxyl groups is 1. The fourth-order valence-corrected chi connectivity index (χ4v) is 0.980. The van der Waals surface area contributed by atoms with E-state index < -0.39 is 12.0 Å². The number of hydrogen-bond donors (Lipinski definition) is 1. The van der Waals surface area contributed by atoms with Gasteiger partial charge < -0.3 is 9.84 Å². The van der Waals surface area contributed by atoms with Crippen LogP contribution in [0.25, 0.3) is 0 Å². The van der Waals surface area contributed by atoms with Crippen molar-refractivity contribution in [3.05, 3.63) is 30.3 Å². The maximum absolute atomic E-state index is 11.2. The zero-order valence-corrected chi connectivity index (χ0v) is 11.2. The summed E-state index contributed by atoms with van der Waals surface area (Å²) in [5, 5.41) is 8.07. The summed E-state index contributed by atoms with van der Waals surface area (Å²) in [6.45, 7) is 3.86. The van der Waals surface area contributed by atoms with Gasteiger partial charge in [0.2, 0.25) is 6.08 Å². The molecule has 0 aliphatic heterocycles. The summed E-state index contributed by atoms with van der Waals surface area (Å²) in [7, 11) is 0. The Bertz CT molecular complexity index is 397. The van der Waals surface area contributed by atoms with Gasteiger partial charge in [0.25, 0.3) is 0 Å². The van der Waals surface area contributed by atoms with Crippen molar-refractivity contribution in [1.29, 1.82) is 0 Å². The van der Waals surface area contributed by atoms with E-state index in [0.29, 0.717) is 12.4 Å². The summed E-state index contributed by atoms with van der Waals surface area (Å²) in [5.41, 5.74) is 0. The molecule has 104 valence electrons. The van der Waals surface area contributed by atoms with E-state index in [1.165, 1.54) is 13.0 Å². The highest BCUT2D eigenvalue weighted by Gasteiger charge is 2.13. The molecule has 1 unspecified atom stereocenters. The summed E-state index contributed by atoms with van der Waals surface area (Å²) in [6.07, 6.45) is 3.35. The van der Waals surface area contributed by atoms with Crippen molar-refractivity contribution >= 4 is 12.0 Å². The zero-order valence-electron chi connectivity index (χ0n) is 11.2. The third-order valence-electron chi connectivity index (χ3n) is 2.06. The number of ether oxygens (including phenoxy) is 1. The average molecular weight is 265 g/mol. The highest BCUT2D eigenvalue weighted by molar-refractivity contribution is 5.78. The second kappa shape index (κ2) is 11.1. The Kier molecular flexibility index (Phi) is 9.98. The molecule has 0 aliphatic rings. The van der Waals surface area contributed by atoms with Gasteiger partial charge in [-0.2, -0.15) is 4.99 Å². The molecule has 19 heavy (non-hydrogen) atoms. The lowest BCUT2D eigenvalue weighted by Gasteiger charge is -2.04. The van der Waals surface area contributed by atoms with Crippen LogP contribution in [0.3, 0.4) is 0 Å². The molecular weight excluding hydrogens is 246 g/mol. The number of para-hydroxylation sites is 1. The second-order valence-electron chi connectivity index (χ2n) is 3.71. The van der Waals surface area contributed by atoms with Crippen LogP contribution in [0.4, 0.5) is 0 Å². The van der Waals surface area contributed by atoms with Gasteiger partial charge in [0, 0.05) is 6.61 Å². The van der Waals surface area contributed by atoms with E-state index in [-0.39, 0.29) is 0 Å². The first-order chi connectivity index (χ1) is 9.15. The summed E-state index contributed by atoms with van der Waals surface area (Å²) in [6, 6.07) is 7.79. The van der Waals surface area contributed by atoms with Gasteiger partial charge in [-0.3, -0.25) is 0 Å². The second-order valence-corrected chi connectivity index (χ2v) is 3.71. The largest absolute Gasteiger partial charge is 0.425 e. The molecule has 5 nitrogen and oxygen atoms in total. The predicted molar refractivity (Wildman–Crippen MR) is 71.7 cm³/mol. The van der Waals surface area contributed by atoms with Crippen LogP contribution in [0.5, 0.6) is 5.75 Å². The lowest BCUT2D eigenvalue weighted by atomic mass is 10.3. The van der Waals surface area contributed by atoms with Gasteiger partial charge in [0.1, 0.15) is 5.75 Å². The Balaban J connectivity index is 0.000000555. The van der Waals surface area contributed by atoms with E-state index in [2.05, 4.69) is 11.9 Å². The van der Waals surface area contributed by atoms with Gasteiger partial charge in [-0.15, -0.1) is 0 Å². The van der Waals surface area contributed by atoms with Crippen LogP contribution in [0.2, 0.25) is 0 Å². The van der Waals surface area contributed by atoms with Crippen LogP contribution in [0, 0.1) is 0 Å². The normalized spacial score (nSPS) is 10.5. The Morgan fingerprint density at radius 2 is 2.05 bits per heavy atom. The van der Waals surface area contributed by atoms with E-state index in [9.17, 15) is 9.59 Å². The number of carbonyl (C=O) groups is 1. The van der Waals surface area contributed by atoms with Gasteiger partial charge >= 0.3 is 5.97 Å². The van der Waals surface area contributed by atoms with Gasteiger partial charge in [0.15, 0.2) is 6.04 Å². The summed E-state index contributed by atoms with van der Waals surface area (Å²) < 4.78 is 4.92. The predicted octanol–water partition coefficient (Wildman–Crippen LogP) is 2.10. The fourth-order valence-electron chi connectivity index (χ4n) is 0.980. The Labute approximate surface area is 112 Å². The lowest BCUT2D eigenvalue weighted by molar-refractivity contribution is -0.135. The smallest absolute Gasteiger partial charge is 0.336 e. The zero-order chi connectivity index (χ0) is 14.5. The number of hydrogen-bond acceptors (Lipinski definition) is 5. The van der Waals surface area contributed by atoms with Crippen LogP contribution in [0.15, 0.2) is 35.3 Å². The minimum absolute atomic E-state index is 0.344. The van der Waals surface area contributed by atoms with Gasteiger partial charge in [-0.1, -0.05) is 31.5 Å². The lowest BCUT2D eigenvalue weighted by Crippen LogP contribution is -2.20. The maximum atomic E-state index is 11.2. The topological polar surface area (TPSA) is 76.0 Å². The molecule has 1 rings (SSSR count). The van der Waals surface area contributed by atoms with E-state index in [1.807, 2.05) is 6.07 Å². The molecule has 1 aromatic rings. The van der Waals surface area contributed by atoms with Crippen LogP contribution in [0.1, 0.15) is 26.7 Å². The number of benzene rings is 1. The molecule has 0 aliphatic carbocycles. The molecule has 0 heterocycles. The summed E-state index contributed by atoms with van der Waals surface area (Å²) in [4.78, 5) is 24.3. The Morgan fingerprint density at radius 3 is 2.47 bits per heavy atom. The van der Waals surface area contributed by atoms with Crippen molar-refractivity contribution in [2.24, 2.45) is 4.99 Å². The first kappa shape index (κ1) is 17.0. The number of esters is 1. The highest BCUT2D eigenvalue weighted by atomic mass is 16.5. The van der Waals surface area contributed by atoms with Crippen LogP contribution in [-0.4, -0.2) is 29.8 Å². The Morgan fingerprint density at radius 1 is 1.42 bits per heavy atom. The maximum Gasteiger partial charge on any atom is 0.336 e. The van der Waals surface area contributed by atoms with Gasteiger partial charge in [-0.25, -0.2) is 9.59 Å². The number of rotatable bonds is 5. The molecule has 0 aromatic heterocycles. The molecule has 0 saturated carbocycles. The van der Waals surface area contributed by atoms with E-state index in [1.54, 1.807) is 24.3 Å². The van der Waals surface area contributed by atoms with E-state index >= 15 is 0 Å². The monoisotopic (exact) mass is 265 g/mol. The minimum atomic E-state index is -0.812. The summed E-state index contributed by atoms with van der Waals surface area (Å²) in [5.74, 6) is -0.134. The molecule has 0 fully saturated rings. The molecule has 0 saturated heterocycles. The number of aliphatic imine (C=N–C) groups is 1. The number of aliphatic hydroxyl groups excluding tert-OH is 1. The first-order valence-electron chi connectivity index (χ1n) is 6.10. The number of isocyanates is 1. The molecule has 1 aromatic carbocycles. The minimum Gasteiger partial charge on any atom is -0.425 e. The van der Waals surface area contributed by atoms with E-state index in [4.69, 9.17) is 9.84 Å². The molecule has 5 heteroatoms. The summed E-state index contributed by atoms with van der Waals surface area (Å²) >= 11 is 0. The molecule has 1 atom stereocenters. The molecule has 1 N–H and O–H groups in total. The van der Waals surface area contributed by atoms with Crippen molar-refractivity contribution in [2.75, 3.05) is 6.61 Å².